The van der Waals surface area contributed by atoms with Gasteiger partial charge in [0.15, 0.2) is 5.76 Å². The van der Waals surface area contributed by atoms with Crippen LogP contribution in [0.5, 0.6) is 0 Å². The second-order valence-corrected chi connectivity index (χ2v) is 3.39. The molecule has 0 aliphatic rings. The molecule has 2 rings (SSSR count). The molecule has 0 fully saturated rings. The quantitative estimate of drug-likeness (QED) is 0.698. The van der Waals surface area contributed by atoms with E-state index in [1.807, 2.05) is 44.2 Å². The van der Waals surface area contributed by atoms with Crippen molar-refractivity contribution in [1.82, 2.24) is 0 Å². The van der Waals surface area contributed by atoms with Gasteiger partial charge in [0.25, 0.3) is 5.69 Å². The Morgan fingerprint density at radius 2 is 1.80 bits per heavy atom. The van der Waals surface area contributed by atoms with Crippen molar-refractivity contribution in [2.24, 2.45) is 0 Å². The Morgan fingerprint density at radius 3 is 2.40 bits per heavy atom. The lowest BCUT2D eigenvalue weighted by Gasteiger charge is -1.92. The molecule has 0 spiro atoms. The molecule has 1 aromatic carbocycles. The summed E-state index contributed by atoms with van der Waals surface area (Å²) >= 11 is 0. The molecule has 0 bridgehead atoms. The second kappa shape index (κ2) is 3.77. The van der Waals surface area contributed by atoms with Gasteiger partial charge in [0, 0.05) is 13.8 Å². The zero-order valence-corrected chi connectivity index (χ0v) is 9.15. The van der Waals surface area contributed by atoms with Crippen molar-refractivity contribution in [1.29, 1.82) is 0 Å². The van der Waals surface area contributed by atoms with Gasteiger partial charge in [-0.2, -0.15) is 0 Å². The summed E-state index contributed by atoms with van der Waals surface area (Å²) in [6.07, 6.45) is 0. The summed E-state index contributed by atoms with van der Waals surface area (Å²) in [5, 5.41) is 0. The van der Waals surface area contributed by atoms with Crippen LogP contribution in [0.3, 0.4) is 0 Å². The summed E-state index contributed by atoms with van der Waals surface area (Å²) in [5.74, 6) is 1.60. The van der Waals surface area contributed by atoms with Gasteiger partial charge in [-0.1, -0.05) is 18.2 Å². The van der Waals surface area contributed by atoms with Gasteiger partial charge in [-0.15, -0.1) is 0 Å². The van der Waals surface area contributed by atoms with Crippen molar-refractivity contribution in [3.63, 3.8) is 0 Å². The summed E-state index contributed by atoms with van der Waals surface area (Å²) in [7, 11) is 1.63. The third-order valence-corrected chi connectivity index (χ3v) is 2.45. The maximum atomic E-state index is 5.66. The molecule has 0 aliphatic carbocycles. The van der Waals surface area contributed by atoms with Crippen LogP contribution in [0.4, 0.5) is 0 Å². The lowest BCUT2D eigenvalue weighted by Crippen LogP contribution is -2.43. The van der Waals surface area contributed by atoms with Crippen LogP contribution in [-0.2, 0) is 0 Å². The monoisotopic (exact) mass is 204 g/mol. The maximum absolute atomic E-state index is 5.66. The number of hydrogen-bond donors (Lipinski definition) is 0. The fraction of sp³-hybridized carbons (Fsp3) is 0.250. The third kappa shape index (κ3) is 1.61. The SMILES string of the molecule is CO[n+]1c(-c2ccccc2)oc(C)c1C. The summed E-state index contributed by atoms with van der Waals surface area (Å²) in [6.45, 7) is 3.89. The normalized spacial score (nSPS) is 10.3. The van der Waals surface area contributed by atoms with Crippen molar-refractivity contribution in [3.05, 3.63) is 41.8 Å². The highest BCUT2D eigenvalue weighted by atomic mass is 16.7. The molecule has 78 valence electrons. The molecule has 0 N–H and O–H groups in total. The number of aryl methyl sites for hydroxylation is 1. The molecule has 0 atom stereocenters. The van der Waals surface area contributed by atoms with E-state index in [9.17, 15) is 0 Å². The minimum atomic E-state index is 0.730. The molecule has 0 amide bonds. The lowest BCUT2D eigenvalue weighted by atomic mass is 10.2. The van der Waals surface area contributed by atoms with Gasteiger partial charge < -0.3 is 4.42 Å². The van der Waals surface area contributed by atoms with Gasteiger partial charge in [0.05, 0.1) is 10.3 Å². The Kier molecular flexibility index (Phi) is 2.46. The summed E-state index contributed by atoms with van der Waals surface area (Å²) in [4.78, 5) is 5.27. The molecular weight excluding hydrogens is 190 g/mol. The molecule has 2 aromatic rings. The average molecular weight is 204 g/mol. The van der Waals surface area contributed by atoms with Crippen molar-refractivity contribution >= 4 is 0 Å². The topological polar surface area (TPSA) is 26.2 Å². The van der Waals surface area contributed by atoms with Gasteiger partial charge >= 0.3 is 5.89 Å². The van der Waals surface area contributed by atoms with E-state index in [4.69, 9.17) is 9.25 Å². The van der Waals surface area contributed by atoms with E-state index >= 15 is 0 Å². The zero-order valence-electron chi connectivity index (χ0n) is 9.15. The zero-order chi connectivity index (χ0) is 10.8. The first-order chi connectivity index (χ1) is 7.24. The van der Waals surface area contributed by atoms with Gasteiger partial charge in [-0.25, -0.2) is 0 Å². The Balaban J connectivity index is 2.58. The lowest BCUT2D eigenvalue weighted by molar-refractivity contribution is -0.882. The Hall–Kier alpha value is -1.77. The summed E-state index contributed by atoms with van der Waals surface area (Å²) < 4.78 is 7.36. The number of benzene rings is 1. The minimum Gasteiger partial charge on any atom is -0.400 e. The van der Waals surface area contributed by atoms with E-state index in [1.165, 1.54) is 0 Å². The molecular formula is C12H14NO2+. The van der Waals surface area contributed by atoms with Crippen LogP contribution < -0.4 is 9.57 Å². The van der Waals surface area contributed by atoms with E-state index in [2.05, 4.69) is 0 Å². The minimum absolute atomic E-state index is 0.730. The van der Waals surface area contributed by atoms with Crippen LogP contribution in [-0.4, -0.2) is 7.11 Å². The van der Waals surface area contributed by atoms with Crippen molar-refractivity contribution in [2.75, 3.05) is 7.11 Å². The molecule has 15 heavy (non-hydrogen) atoms. The average Bonchev–Trinajstić information content (AvgIpc) is 2.56. The van der Waals surface area contributed by atoms with E-state index in [-0.39, 0.29) is 0 Å². The molecule has 0 radical (unpaired) electrons. The Labute approximate surface area is 88.9 Å². The molecule has 3 nitrogen and oxygen atoms in total. The van der Waals surface area contributed by atoms with Crippen LogP contribution in [0.25, 0.3) is 11.5 Å². The highest BCUT2D eigenvalue weighted by molar-refractivity contribution is 5.49. The van der Waals surface area contributed by atoms with Gasteiger partial charge in [-0.3, -0.25) is 4.84 Å². The Morgan fingerprint density at radius 1 is 1.13 bits per heavy atom. The third-order valence-electron chi connectivity index (χ3n) is 2.45. The first-order valence-corrected chi connectivity index (χ1v) is 4.86. The van der Waals surface area contributed by atoms with E-state index in [0.29, 0.717) is 0 Å². The molecule has 0 unspecified atom stereocenters. The van der Waals surface area contributed by atoms with Crippen LogP contribution in [0, 0.1) is 13.8 Å². The number of nitrogens with zero attached hydrogens (tertiary/aromatic N) is 1. The predicted octanol–water partition coefficient (Wildman–Crippen LogP) is 1.91. The number of rotatable bonds is 2. The van der Waals surface area contributed by atoms with Gasteiger partial charge in [-0.05, 0) is 12.1 Å². The van der Waals surface area contributed by atoms with E-state index < -0.39 is 0 Å². The van der Waals surface area contributed by atoms with Crippen LogP contribution >= 0.6 is 0 Å². The molecule has 1 aromatic heterocycles. The van der Waals surface area contributed by atoms with Gasteiger partial charge in [0.1, 0.15) is 7.11 Å². The van der Waals surface area contributed by atoms with E-state index in [1.54, 1.807) is 11.8 Å². The summed E-state index contributed by atoms with van der Waals surface area (Å²) in [6, 6.07) is 9.91. The van der Waals surface area contributed by atoms with Crippen molar-refractivity contribution < 1.29 is 14.0 Å². The fourth-order valence-corrected chi connectivity index (χ4v) is 1.53. The molecule has 3 heteroatoms. The van der Waals surface area contributed by atoms with Crippen LogP contribution in [0.15, 0.2) is 34.7 Å². The highest BCUT2D eigenvalue weighted by Gasteiger charge is 2.26. The van der Waals surface area contributed by atoms with Crippen LogP contribution in [0.1, 0.15) is 11.5 Å². The predicted molar refractivity (Wildman–Crippen MR) is 56.3 cm³/mol. The number of hydrogen-bond acceptors (Lipinski definition) is 2. The molecule has 0 saturated carbocycles. The highest BCUT2D eigenvalue weighted by Crippen LogP contribution is 2.18. The largest absolute Gasteiger partial charge is 0.429 e. The first-order valence-electron chi connectivity index (χ1n) is 4.86. The second-order valence-electron chi connectivity index (χ2n) is 3.39. The van der Waals surface area contributed by atoms with E-state index in [0.717, 1.165) is 22.9 Å². The molecule has 0 aliphatic heterocycles. The summed E-state index contributed by atoms with van der Waals surface area (Å²) in [5.41, 5.74) is 1.99. The van der Waals surface area contributed by atoms with Crippen molar-refractivity contribution in [2.45, 2.75) is 13.8 Å². The smallest absolute Gasteiger partial charge is 0.400 e. The standard InChI is InChI=1S/C12H14NO2/c1-9-10(2)15-12(13(9)14-3)11-7-5-4-6-8-11/h4-8H,1-3H3/q+1. The fourth-order valence-electron chi connectivity index (χ4n) is 1.53. The van der Waals surface area contributed by atoms with Gasteiger partial charge in [0.2, 0.25) is 0 Å². The maximum Gasteiger partial charge on any atom is 0.429 e. The Bertz CT molecular complexity index is 460. The van der Waals surface area contributed by atoms with Crippen LogP contribution in [0.2, 0.25) is 0 Å². The van der Waals surface area contributed by atoms with Crippen molar-refractivity contribution in [3.8, 4) is 11.5 Å². The first kappa shape index (κ1) is 9.77. The molecule has 1 heterocycles. The number of oxazole rings is 1. The number of aromatic nitrogens is 1. The molecule has 0 saturated heterocycles.